The highest BCUT2D eigenvalue weighted by Gasteiger charge is 2.11. The monoisotopic (exact) mass is 363 g/mol. The van der Waals surface area contributed by atoms with Crippen LogP contribution in [0.1, 0.15) is 24.2 Å². The number of amides is 1. The topological polar surface area (TPSA) is 56.8 Å². The van der Waals surface area contributed by atoms with E-state index in [1.807, 2.05) is 13.8 Å². The normalized spacial score (nSPS) is 10.2. The van der Waals surface area contributed by atoms with Gasteiger partial charge in [0.2, 0.25) is 0 Å². The zero-order chi connectivity index (χ0) is 18.1. The van der Waals surface area contributed by atoms with Gasteiger partial charge < -0.3 is 19.5 Å². The molecule has 2 rings (SSSR count). The van der Waals surface area contributed by atoms with E-state index in [1.54, 1.807) is 42.5 Å². The minimum atomic E-state index is -0.191. The van der Waals surface area contributed by atoms with Crippen LogP contribution in [0, 0.1) is 0 Å². The van der Waals surface area contributed by atoms with Crippen LogP contribution in [0.2, 0.25) is 5.02 Å². The Kier molecular flexibility index (Phi) is 7.41. The molecular weight excluding hydrogens is 342 g/mol. The van der Waals surface area contributed by atoms with Crippen LogP contribution < -0.4 is 19.5 Å². The highest BCUT2D eigenvalue weighted by atomic mass is 35.5. The molecule has 5 nitrogen and oxygen atoms in total. The summed E-state index contributed by atoms with van der Waals surface area (Å²) in [6.07, 6.45) is 0. The highest BCUT2D eigenvalue weighted by molar-refractivity contribution is 6.30. The molecule has 0 saturated carbocycles. The Labute approximate surface area is 152 Å². The first-order chi connectivity index (χ1) is 12.1. The van der Waals surface area contributed by atoms with Crippen molar-refractivity contribution >= 4 is 17.5 Å². The molecule has 0 heterocycles. The van der Waals surface area contributed by atoms with E-state index in [4.69, 9.17) is 25.8 Å². The van der Waals surface area contributed by atoms with Crippen molar-refractivity contribution in [2.75, 3.05) is 26.4 Å². The number of hydrogen-bond acceptors (Lipinski definition) is 4. The van der Waals surface area contributed by atoms with Crippen molar-refractivity contribution in [1.29, 1.82) is 0 Å². The van der Waals surface area contributed by atoms with Crippen LogP contribution in [0.15, 0.2) is 42.5 Å². The summed E-state index contributed by atoms with van der Waals surface area (Å²) < 4.78 is 16.6. The number of ether oxygens (including phenoxy) is 3. The standard InChI is InChI=1S/C19H22ClNO4/c1-3-23-17-10-5-14(13-18(17)24-4-2)19(22)21-11-12-25-16-8-6-15(20)7-9-16/h5-10,13H,3-4,11-12H2,1-2H3,(H,21,22). The van der Waals surface area contributed by atoms with E-state index in [-0.39, 0.29) is 5.91 Å². The van der Waals surface area contributed by atoms with Gasteiger partial charge in [0.1, 0.15) is 12.4 Å². The van der Waals surface area contributed by atoms with E-state index in [2.05, 4.69) is 5.32 Å². The van der Waals surface area contributed by atoms with E-state index in [0.29, 0.717) is 54.2 Å². The third-order valence-corrected chi connectivity index (χ3v) is 3.53. The predicted molar refractivity (Wildman–Crippen MR) is 98.1 cm³/mol. The largest absolute Gasteiger partial charge is 0.492 e. The Morgan fingerprint density at radius 1 is 0.960 bits per heavy atom. The van der Waals surface area contributed by atoms with Crippen LogP contribution in [-0.4, -0.2) is 32.3 Å². The van der Waals surface area contributed by atoms with Gasteiger partial charge in [0.25, 0.3) is 5.91 Å². The number of hydrogen-bond donors (Lipinski definition) is 1. The van der Waals surface area contributed by atoms with Gasteiger partial charge >= 0.3 is 0 Å². The van der Waals surface area contributed by atoms with Gasteiger partial charge in [-0.15, -0.1) is 0 Å². The second-order valence-corrected chi connectivity index (χ2v) is 5.52. The lowest BCUT2D eigenvalue weighted by molar-refractivity contribution is 0.0946. The molecular formula is C19H22ClNO4. The summed E-state index contributed by atoms with van der Waals surface area (Å²) in [6, 6.07) is 12.2. The second kappa shape index (κ2) is 9.79. The predicted octanol–water partition coefficient (Wildman–Crippen LogP) is 3.95. The molecule has 1 N–H and O–H groups in total. The van der Waals surface area contributed by atoms with E-state index in [9.17, 15) is 4.79 Å². The third-order valence-electron chi connectivity index (χ3n) is 3.28. The lowest BCUT2D eigenvalue weighted by atomic mass is 10.2. The molecule has 0 spiro atoms. The number of carbonyl (C=O) groups is 1. The zero-order valence-corrected chi connectivity index (χ0v) is 15.1. The van der Waals surface area contributed by atoms with Crippen LogP contribution >= 0.6 is 11.6 Å². The molecule has 0 aliphatic carbocycles. The number of halogens is 1. The fourth-order valence-corrected chi connectivity index (χ4v) is 2.28. The van der Waals surface area contributed by atoms with Crippen molar-refractivity contribution in [3.8, 4) is 17.2 Å². The van der Waals surface area contributed by atoms with Crippen molar-refractivity contribution in [2.24, 2.45) is 0 Å². The number of carbonyl (C=O) groups excluding carboxylic acids is 1. The summed E-state index contributed by atoms with van der Waals surface area (Å²) in [5, 5.41) is 3.47. The van der Waals surface area contributed by atoms with E-state index < -0.39 is 0 Å². The summed E-state index contributed by atoms with van der Waals surface area (Å²) in [5.74, 6) is 1.71. The molecule has 2 aromatic rings. The molecule has 25 heavy (non-hydrogen) atoms. The molecule has 6 heteroatoms. The Bertz CT molecular complexity index is 688. The van der Waals surface area contributed by atoms with Gasteiger partial charge in [0.15, 0.2) is 11.5 Å². The van der Waals surface area contributed by atoms with E-state index in [1.165, 1.54) is 0 Å². The quantitative estimate of drug-likeness (QED) is 0.685. The molecule has 0 radical (unpaired) electrons. The minimum Gasteiger partial charge on any atom is -0.492 e. The molecule has 1 amide bonds. The summed E-state index contributed by atoms with van der Waals surface area (Å²) in [5.41, 5.74) is 0.512. The van der Waals surface area contributed by atoms with Crippen LogP contribution in [0.3, 0.4) is 0 Å². The van der Waals surface area contributed by atoms with E-state index in [0.717, 1.165) is 0 Å². The number of rotatable bonds is 9. The summed E-state index contributed by atoms with van der Waals surface area (Å²) in [6.45, 7) is 5.57. The Hall–Kier alpha value is -2.40. The van der Waals surface area contributed by atoms with Crippen LogP contribution in [0.4, 0.5) is 0 Å². The number of benzene rings is 2. The Morgan fingerprint density at radius 2 is 1.64 bits per heavy atom. The van der Waals surface area contributed by atoms with Crippen molar-refractivity contribution < 1.29 is 19.0 Å². The highest BCUT2D eigenvalue weighted by Crippen LogP contribution is 2.28. The van der Waals surface area contributed by atoms with E-state index >= 15 is 0 Å². The third kappa shape index (κ3) is 5.87. The lowest BCUT2D eigenvalue weighted by Gasteiger charge is -2.12. The maximum absolute atomic E-state index is 12.2. The molecule has 2 aromatic carbocycles. The molecule has 134 valence electrons. The molecule has 0 fully saturated rings. The van der Waals surface area contributed by atoms with Gasteiger partial charge in [0, 0.05) is 10.6 Å². The SMILES string of the molecule is CCOc1ccc(C(=O)NCCOc2ccc(Cl)cc2)cc1OCC. The molecule has 0 aromatic heterocycles. The molecule has 0 saturated heterocycles. The van der Waals surface area contributed by atoms with Gasteiger partial charge in [-0.05, 0) is 56.3 Å². The molecule has 0 bridgehead atoms. The molecule has 0 unspecified atom stereocenters. The summed E-state index contributed by atoms with van der Waals surface area (Å²) in [4.78, 5) is 12.2. The average molecular weight is 364 g/mol. The summed E-state index contributed by atoms with van der Waals surface area (Å²) in [7, 11) is 0. The second-order valence-electron chi connectivity index (χ2n) is 5.09. The van der Waals surface area contributed by atoms with Crippen LogP contribution in [0.25, 0.3) is 0 Å². The van der Waals surface area contributed by atoms with Gasteiger partial charge in [-0.1, -0.05) is 11.6 Å². The van der Waals surface area contributed by atoms with Crippen molar-refractivity contribution in [1.82, 2.24) is 5.32 Å². The first-order valence-electron chi connectivity index (χ1n) is 8.20. The molecule has 0 aliphatic rings. The van der Waals surface area contributed by atoms with Gasteiger partial charge in [0.05, 0.1) is 19.8 Å². The first kappa shape index (κ1) is 18.9. The van der Waals surface area contributed by atoms with Crippen molar-refractivity contribution in [2.45, 2.75) is 13.8 Å². The summed E-state index contributed by atoms with van der Waals surface area (Å²) >= 11 is 5.82. The maximum atomic E-state index is 12.2. The Balaban J connectivity index is 1.87. The molecule has 0 aliphatic heterocycles. The van der Waals surface area contributed by atoms with Gasteiger partial charge in [-0.2, -0.15) is 0 Å². The smallest absolute Gasteiger partial charge is 0.251 e. The maximum Gasteiger partial charge on any atom is 0.251 e. The van der Waals surface area contributed by atoms with Gasteiger partial charge in [-0.3, -0.25) is 4.79 Å². The molecule has 0 atom stereocenters. The Morgan fingerprint density at radius 3 is 2.32 bits per heavy atom. The lowest BCUT2D eigenvalue weighted by Crippen LogP contribution is -2.28. The van der Waals surface area contributed by atoms with Crippen molar-refractivity contribution in [3.63, 3.8) is 0 Å². The van der Waals surface area contributed by atoms with Crippen LogP contribution in [-0.2, 0) is 0 Å². The van der Waals surface area contributed by atoms with Gasteiger partial charge in [-0.25, -0.2) is 0 Å². The number of nitrogens with one attached hydrogen (secondary N) is 1. The first-order valence-corrected chi connectivity index (χ1v) is 8.58. The zero-order valence-electron chi connectivity index (χ0n) is 14.4. The van der Waals surface area contributed by atoms with Crippen molar-refractivity contribution in [3.05, 3.63) is 53.1 Å². The minimum absolute atomic E-state index is 0.191. The fraction of sp³-hybridized carbons (Fsp3) is 0.316. The fourth-order valence-electron chi connectivity index (χ4n) is 2.16. The van der Waals surface area contributed by atoms with Crippen LogP contribution in [0.5, 0.6) is 17.2 Å². The average Bonchev–Trinajstić information content (AvgIpc) is 2.62.